The third-order valence-electron chi connectivity index (χ3n) is 2.06. The number of benzene rings is 1. The molecule has 0 amide bonds. The van der Waals surface area contributed by atoms with Crippen molar-refractivity contribution in [1.29, 1.82) is 0 Å². The summed E-state index contributed by atoms with van der Waals surface area (Å²) in [5.74, 6) is 0. The van der Waals surface area contributed by atoms with Crippen LogP contribution >= 0.6 is 0 Å². The van der Waals surface area contributed by atoms with Gasteiger partial charge >= 0.3 is 0 Å². The van der Waals surface area contributed by atoms with Crippen LogP contribution in [-0.4, -0.2) is 14.1 Å². The van der Waals surface area contributed by atoms with Gasteiger partial charge in [0.15, 0.2) is 8.07 Å². The number of hydrogen-bond acceptors (Lipinski definition) is 0. The van der Waals surface area contributed by atoms with E-state index >= 15 is 0 Å². The van der Waals surface area contributed by atoms with Crippen LogP contribution < -0.4 is 5.19 Å². The van der Waals surface area contributed by atoms with Crippen LogP contribution in [0.3, 0.4) is 0 Å². The van der Waals surface area contributed by atoms with Gasteiger partial charge in [-0.15, -0.1) is 0 Å². The van der Waals surface area contributed by atoms with Crippen LogP contribution in [0, 0.1) is 0 Å². The summed E-state index contributed by atoms with van der Waals surface area (Å²) >= 11 is 0. The predicted molar refractivity (Wildman–Crippen MR) is 49.6 cm³/mol. The van der Waals surface area contributed by atoms with E-state index < -0.39 is 14.1 Å². The maximum atomic E-state index is 12.6. The fourth-order valence-electron chi connectivity index (χ4n) is 0.994. The van der Waals surface area contributed by atoms with Crippen molar-refractivity contribution in [3.8, 4) is 0 Å². The summed E-state index contributed by atoms with van der Waals surface area (Å²) in [7, 11) is -2.49. The first kappa shape index (κ1) is 9.39. The maximum absolute atomic E-state index is 12.6. The molecule has 0 aliphatic heterocycles. The molecule has 0 heterocycles. The Morgan fingerprint density at radius 1 is 1.08 bits per heavy atom. The van der Waals surface area contributed by atoms with Crippen molar-refractivity contribution in [3.05, 3.63) is 30.3 Å². The molecule has 0 spiro atoms. The number of alkyl halides is 2. The SMILES string of the molecule is C[Si](C)(c1ccccc1)C(F)F. The molecule has 0 aliphatic rings. The van der Waals surface area contributed by atoms with Gasteiger partial charge in [-0.3, -0.25) is 0 Å². The van der Waals surface area contributed by atoms with Gasteiger partial charge in [0, 0.05) is 0 Å². The van der Waals surface area contributed by atoms with Crippen LogP contribution in [0.5, 0.6) is 0 Å². The van der Waals surface area contributed by atoms with Crippen molar-refractivity contribution in [2.45, 2.75) is 19.1 Å². The first-order valence-electron chi connectivity index (χ1n) is 3.89. The van der Waals surface area contributed by atoms with Crippen molar-refractivity contribution in [3.63, 3.8) is 0 Å². The Labute approximate surface area is 72.2 Å². The van der Waals surface area contributed by atoms with Gasteiger partial charge in [0.2, 0.25) is 6.05 Å². The fourth-order valence-corrected chi connectivity index (χ4v) is 2.30. The van der Waals surface area contributed by atoms with E-state index in [-0.39, 0.29) is 0 Å². The van der Waals surface area contributed by atoms with Gasteiger partial charge in [-0.2, -0.15) is 0 Å². The summed E-state index contributed by atoms with van der Waals surface area (Å²) in [6.07, 6.45) is 0. The molecular formula is C9H12F2Si. The minimum absolute atomic E-state index is 0.819. The monoisotopic (exact) mass is 186 g/mol. The summed E-state index contributed by atoms with van der Waals surface area (Å²) in [4.78, 5) is 0. The van der Waals surface area contributed by atoms with E-state index in [1.165, 1.54) is 0 Å². The first-order chi connectivity index (χ1) is 5.55. The molecule has 0 radical (unpaired) electrons. The Bertz CT molecular complexity index is 244. The molecule has 12 heavy (non-hydrogen) atoms. The third-order valence-corrected chi connectivity index (χ3v) is 4.98. The number of rotatable bonds is 2. The highest BCUT2D eigenvalue weighted by Crippen LogP contribution is 2.12. The van der Waals surface area contributed by atoms with Crippen molar-refractivity contribution in [2.75, 3.05) is 0 Å². The molecule has 66 valence electrons. The number of hydrogen-bond donors (Lipinski definition) is 0. The van der Waals surface area contributed by atoms with Crippen LogP contribution in [0.25, 0.3) is 0 Å². The second-order valence-corrected chi connectivity index (χ2v) is 7.85. The molecule has 3 heteroatoms. The molecule has 0 aliphatic carbocycles. The average Bonchev–Trinajstić information content (AvgIpc) is 2.06. The van der Waals surface area contributed by atoms with Crippen LogP contribution in [0.4, 0.5) is 8.78 Å². The van der Waals surface area contributed by atoms with E-state index in [2.05, 4.69) is 0 Å². The Balaban J connectivity index is 2.98. The van der Waals surface area contributed by atoms with Crippen LogP contribution in [0.1, 0.15) is 0 Å². The summed E-state index contributed by atoms with van der Waals surface area (Å²) in [5, 5.41) is 0.819. The molecule has 1 aromatic carbocycles. The standard InChI is InChI=1S/C9H12F2Si/c1-12(2,9(10)11)8-6-4-3-5-7-8/h3-7,9H,1-2H3. The van der Waals surface area contributed by atoms with Crippen molar-refractivity contribution in [2.24, 2.45) is 0 Å². The molecule has 1 aromatic rings. The Hall–Kier alpha value is -0.703. The van der Waals surface area contributed by atoms with E-state index in [0.29, 0.717) is 0 Å². The molecule has 0 fully saturated rings. The van der Waals surface area contributed by atoms with Gasteiger partial charge in [0.1, 0.15) is 0 Å². The lowest BCUT2D eigenvalue weighted by Crippen LogP contribution is -2.48. The van der Waals surface area contributed by atoms with Crippen molar-refractivity contribution in [1.82, 2.24) is 0 Å². The summed E-state index contributed by atoms with van der Waals surface area (Å²) in [5.41, 5.74) is 0. The number of halogens is 2. The summed E-state index contributed by atoms with van der Waals surface area (Å²) in [6.45, 7) is 3.38. The lowest BCUT2D eigenvalue weighted by Gasteiger charge is -2.20. The molecule has 0 nitrogen and oxygen atoms in total. The maximum Gasteiger partial charge on any atom is 0.225 e. The van der Waals surface area contributed by atoms with E-state index in [4.69, 9.17) is 0 Å². The molecule has 0 unspecified atom stereocenters. The zero-order chi connectivity index (χ0) is 9.19. The normalized spacial score (nSPS) is 12.1. The van der Waals surface area contributed by atoms with E-state index in [0.717, 1.165) is 5.19 Å². The molecular weight excluding hydrogens is 174 g/mol. The zero-order valence-corrected chi connectivity index (χ0v) is 8.22. The molecule has 0 N–H and O–H groups in total. The smallest absolute Gasteiger partial charge is 0.215 e. The highest BCUT2D eigenvalue weighted by atomic mass is 28.3. The molecule has 0 bridgehead atoms. The quantitative estimate of drug-likeness (QED) is 0.622. The van der Waals surface area contributed by atoms with Crippen LogP contribution in [0.2, 0.25) is 13.1 Å². The van der Waals surface area contributed by atoms with Gasteiger partial charge in [-0.05, 0) is 0 Å². The largest absolute Gasteiger partial charge is 0.225 e. The predicted octanol–water partition coefficient (Wildman–Crippen LogP) is 2.41. The Morgan fingerprint density at radius 2 is 1.58 bits per heavy atom. The first-order valence-corrected chi connectivity index (χ1v) is 6.96. The third kappa shape index (κ3) is 1.72. The fraction of sp³-hybridized carbons (Fsp3) is 0.333. The van der Waals surface area contributed by atoms with Crippen molar-refractivity contribution < 1.29 is 8.78 Å². The highest BCUT2D eigenvalue weighted by Gasteiger charge is 2.34. The second-order valence-electron chi connectivity index (χ2n) is 3.39. The Morgan fingerprint density at radius 3 is 2.00 bits per heavy atom. The van der Waals surface area contributed by atoms with Gasteiger partial charge < -0.3 is 0 Å². The van der Waals surface area contributed by atoms with Crippen LogP contribution in [0.15, 0.2) is 30.3 Å². The van der Waals surface area contributed by atoms with Crippen molar-refractivity contribution >= 4 is 13.3 Å². The van der Waals surface area contributed by atoms with E-state index in [1.807, 2.05) is 18.2 Å². The minimum atomic E-state index is -2.49. The molecule has 0 saturated carbocycles. The Kier molecular flexibility index (Phi) is 2.62. The lowest BCUT2D eigenvalue weighted by molar-refractivity contribution is 0.230. The van der Waals surface area contributed by atoms with Gasteiger partial charge in [-0.1, -0.05) is 48.6 Å². The van der Waals surface area contributed by atoms with Gasteiger partial charge in [0.25, 0.3) is 0 Å². The average molecular weight is 186 g/mol. The summed E-state index contributed by atoms with van der Waals surface area (Å²) < 4.78 is 25.1. The molecule has 1 rings (SSSR count). The topological polar surface area (TPSA) is 0 Å². The van der Waals surface area contributed by atoms with Crippen LogP contribution in [-0.2, 0) is 0 Å². The molecule has 0 saturated heterocycles. The highest BCUT2D eigenvalue weighted by molar-refractivity contribution is 6.90. The summed E-state index contributed by atoms with van der Waals surface area (Å²) in [6, 6.07) is 6.87. The molecule has 0 atom stereocenters. The second kappa shape index (κ2) is 3.35. The molecule has 0 aromatic heterocycles. The van der Waals surface area contributed by atoms with E-state index in [1.54, 1.807) is 25.2 Å². The zero-order valence-electron chi connectivity index (χ0n) is 7.22. The lowest BCUT2D eigenvalue weighted by atomic mass is 10.4. The van der Waals surface area contributed by atoms with Gasteiger partial charge in [-0.25, -0.2) is 8.78 Å². The van der Waals surface area contributed by atoms with Gasteiger partial charge in [0.05, 0.1) is 0 Å². The van der Waals surface area contributed by atoms with E-state index in [9.17, 15) is 8.78 Å². The minimum Gasteiger partial charge on any atom is -0.215 e.